The number of nitrogens with zero attached hydrogens (tertiary/aromatic N) is 1. The number of hydrogen-bond donors (Lipinski definition) is 0. The van der Waals surface area contributed by atoms with E-state index in [0.29, 0.717) is 12.8 Å². The van der Waals surface area contributed by atoms with Crippen LogP contribution in [0.15, 0.2) is 29.3 Å². The highest BCUT2D eigenvalue weighted by molar-refractivity contribution is 6.31. The van der Waals surface area contributed by atoms with Gasteiger partial charge in [0.25, 0.3) is 0 Å². The van der Waals surface area contributed by atoms with E-state index in [1.165, 1.54) is 6.07 Å². The maximum absolute atomic E-state index is 13.0. The largest absolute Gasteiger partial charge is 0.417 e. The van der Waals surface area contributed by atoms with Crippen LogP contribution in [0.5, 0.6) is 0 Å². The molecular formula is C17H15ClF3NO2. The molecule has 0 bridgehead atoms. The van der Waals surface area contributed by atoms with Gasteiger partial charge in [-0.2, -0.15) is 13.2 Å². The molecule has 0 unspecified atom stereocenters. The minimum Gasteiger partial charge on any atom is -0.274 e. The molecule has 24 heavy (non-hydrogen) atoms. The van der Waals surface area contributed by atoms with Crippen LogP contribution in [0, 0.1) is 11.8 Å². The van der Waals surface area contributed by atoms with Gasteiger partial charge < -0.3 is 0 Å². The van der Waals surface area contributed by atoms with Crippen LogP contribution in [0.3, 0.4) is 0 Å². The van der Waals surface area contributed by atoms with Crippen molar-refractivity contribution in [2.45, 2.75) is 32.9 Å². The number of imide groups is 1. The first kappa shape index (κ1) is 17.0. The molecule has 0 spiro atoms. The summed E-state index contributed by atoms with van der Waals surface area (Å²) in [5.41, 5.74) is 0.992. The Bertz CT molecular complexity index is 738. The zero-order valence-electron chi connectivity index (χ0n) is 13.1. The van der Waals surface area contributed by atoms with Gasteiger partial charge in [-0.1, -0.05) is 22.7 Å². The van der Waals surface area contributed by atoms with Gasteiger partial charge in [0.2, 0.25) is 11.8 Å². The molecule has 1 aromatic rings. The Hall–Kier alpha value is -1.82. The summed E-state index contributed by atoms with van der Waals surface area (Å²) in [6, 6.07) is 3.11. The van der Waals surface area contributed by atoms with E-state index in [1.54, 1.807) is 0 Å². The molecule has 128 valence electrons. The number of hydrogen-bond acceptors (Lipinski definition) is 2. The summed E-state index contributed by atoms with van der Waals surface area (Å²) in [5.74, 6) is -1.86. The lowest BCUT2D eigenvalue weighted by atomic mass is 9.78. The smallest absolute Gasteiger partial charge is 0.274 e. The molecule has 1 heterocycles. The first-order valence-corrected chi connectivity index (χ1v) is 7.89. The zero-order valence-corrected chi connectivity index (χ0v) is 13.8. The van der Waals surface area contributed by atoms with Gasteiger partial charge in [0.15, 0.2) is 0 Å². The van der Waals surface area contributed by atoms with Crippen LogP contribution in [0.2, 0.25) is 5.02 Å². The summed E-state index contributed by atoms with van der Waals surface area (Å²) in [4.78, 5) is 26.1. The van der Waals surface area contributed by atoms with Crippen LogP contribution in [-0.2, 0) is 15.8 Å². The van der Waals surface area contributed by atoms with Crippen molar-refractivity contribution in [3.63, 3.8) is 0 Å². The lowest BCUT2D eigenvalue weighted by Gasteiger charge is -2.23. The number of alkyl halides is 3. The van der Waals surface area contributed by atoms with Gasteiger partial charge in [-0.3, -0.25) is 14.5 Å². The minimum atomic E-state index is -4.65. The maximum atomic E-state index is 13.0. The fourth-order valence-electron chi connectivity index (χ4n) is 3.38. The average molecular weight is 358 g/mol. The van der Waals surface area contributed by atoms with E-state index >= 15 is 0 Å². The zero-order chi connectivity index (χ0) is 17.8. The third-order valence-corrected chi connectivity index (χ3v) is 5.18. The Labute approximate surface area is 142 Å². The number of anilines is 1. The second kappa shape index (κ2) is 5.62. The quantitative estimate of drug-likeness (QED) is 0.544. The lowest BCUT2D eigenvalue weighted by molar-refractivity contribution is -0.137. The van der Waals surface area contributed by atoms with Crippen LogP contribution in [0.4, 0.5) is 18.9 Å². The van der Waals surface area contributed by atoms with E-state index < -0.39 is 40.4 Å². The highest BCUT2D eigenvalue weighted by Gasteiger charge is 2.50. The number of fused-ring (bicyclic) bond motifs is 1. The topological polar surface area (TPSA) is 37.4 Å². The van der Waals surface area contributed by atoms with Crippen molar-refractivity contribution in [1.82, 2.24) is 0 Å². The summed E-state index contributed by atoms with van der Waals surface area (Å²) in [5, 5.41) is -0.462. The van der Waals surface area contributed by atoms with Gasteiger partial charge in [0.05, 0.1) is 28.1 Å². The average Bonchev–Trinajstić information content (AvgIpc) is 2.71. The molecule has 3 rings (SSSR count). The fraction of sp³-hybridized carbons (Fsp3) is 0.412. The number of rotatable bonds is 1. The molecule has 2 atom stereocenters. The summed E-state index contributed by atoms with van der Waals surface area (Å²) in [6.07, 6.45) is -3.71. The van der Waals surface area contributed by atoms with Crippen LogP contribution in [0.25, 0.3) is 0 Å². The highest BCUT2D eigenvalue weighted by Crippen LogP contribution is 2.44. The number of allylic oxidation sites excluding steroid dienone is 2. The number of halogens is 4. The Kier molecular flexibility index (Phi) is 3.98. The molecule has 3 nitrogen and oxygen atoms in total. The Balaban J connectivity index is 2.00. The van der Waals surface area contributed by atoms with Crippen molar-refractivity contribution in [3.8, 4) is 0 Å². The molecule has 1 fully saturated rings. The van der Waals surface area contributed by atoms with Crippen molar-refractivity contribution in [2.75, 3.05) is 4.90 Å². The highest BCUT2D eigenvalue weighted by atomic mass is 35.5. The van der Waals surface area contributed by atoms with E-state index in [4.69, 9.17) is 11.6 Å². The van der Waals surface area contributed by atoms with Crippen molar-refractivity contribution in [2.24, 2.45) is 11.8 Å². The molecular weight excluding hydrogens is 343 g/mol. The molecule has 1 aromatic carbocycles. The van der Waals surface area contributed by atoms with Crippen LogP contribution in [-0.4, -0.2) is 11.8 Å². The first-order chi connectivity index (χ1) is 11.1. The van der Waals surface area contributed by atoms with Gasteiger partial charge >= 0.3 is 6.18 Å². The Morgan fingerprint density at radius 2 is 1.54 bits per heavy atom. The van der Waals surface area contributed by atoms with E-state index in [9.17, 15) is 22.8 Å². The molecule has 0 radical (unpaired) electrons. The second-order valence-corrected chi connectivity index (χ2v) is 6.76. The van der Waals surface area contributed by atoms with Gasteiger partial charge in [-0.15, -0.1) is 0 Å². The van der Waals surface area contributed by atoms with Crippen molar-refractivity contribution < 1.29 is 22.8 Å². The summed E-state index contributed by atoms with van der Waals surface area (Å²) >= 11 is 5.61. The molecule has 7 heteroatoms. The van der Waals surface area contributed by atoms with Gasteiger partial charge in [-0.05, 0) is 44.9 Å². The normalized spacial score (nSPS) is 24.7. The number of carbonyl (C=O) groups excluding carboxylic acids is 2. The van der Waals surface area contributed by atoms with E-state index in [1.807, 2.05) is 13.8 Å². The van der Waals surface area contributed by atoms with E-state index in [0.717, 1.165) is 28.2 Å². The van der Waals surface area contributed by atoms with Crippen molar-refractivity contribution in [3.05, 3.63) is 39.9 Å². The second-order valence-electron chi connectivity index (χ2n) is 6.36. The lowest BCUT2D eigenvalue weighted by Crippen LogP contribution is -2.31. The Morgan fingerprint density at radius 3 is 2.00 bits per heavy atom. The number of amides is 2. The SMILES string of the molecule is CC1=C(C)C[C@H]2C(=O)N(c3ccc(Cl)c(C(F)(F)F)c3)C(=O)[C@@H]2C1. The summed E-state index contributed by atoms with van der Waals surface area (Å²) in [6.45, 7) is 3.83. The standard InChI is InChI=1S/C17H15ClF3NO2/c1-8-5-11-12(6-9(8)2)16(24)22(15(11)23)10-3-4-14(18)13(7-10)17(19,20)21/h3-4,7,11-12H,5-6H2,1-2H3/t11-,12-/m1/s1. The summed E-state index contributed by atoms with van der Waals surface area (Å²) < 4.78 is 39.1. The van der Waals surface area contributed by atoms with Crippen molar-refractivity contribution >= 4 is 29.1 Å². The molecule has 1 saturated heterocycles. The Morgan fingerprint density at radius 1 is 1.04 bits per heavy atom. The van der Waals surface area contributed by atoms with Crippen LogP contribution < -0.4 is 4.90 Å². The number of benzene rings is 1. The van der Waals surface area contributed by atoms with Crippen molar-refractivity contribution in [1.29, 1.82) is 0 Å². The maximum Gasteiger partial charge on any atom is 0.417 e. The predicted octanol–water partition coefficient (Wildman–Crippen LogP) is 4.59. The number of carbonyl (C=O) groups is 2. The molecule has 1 aliphatic carbocycles. The molecule has 0 saturated carbocycles. The minimum absolute atomic E-state index is 0.0774. The van der Waals surface area contributed by atoms with Crippen LogP contribution in [0.1, 0.15) is 32.3 Å². The third kappa shape index (κ3) is 2.62. The van der Waals surface area contributed by atoms with Crippen LogP contribution >= 0.6 is 11.6 Å². The molecule has 0 aromatic heterocycles. The fourth-order valence-corrected chi connectivity index (χ4v) is 3.60. The third-order valence-electron chi connectivity index (χ3n) is 4.86. The van der Waals surface area contributed by atoms with Gasteiger partial charge in [0.1, 0.15) is 0 Å². The molecule has 0 N–H and O–H groups in total. The summed E-state index contributed by atoms with van der Waals surface area (Å²) in [7, 11) is 0. The van der Waals surface area contributed by atoms with Gasteiger partial charge in [-0.25, -0.2) is 0 Å². The molecule has 2 aliphatic rings. The predicted molar refractivity (Wildman–Crippen MR) is 83.5 cm³/mol. The van der Waals surface area contributed by atoms with E-state index in [-0.39, 0.29) is 5.69 Å². The molecule has 2 amide bonds. The molecule has 1 aliphatic heterocycles. The van der Waals surface area contributed by atoms with Gasteiger partial charge in [0, 0.05) is 0 Å². The first-order valence-electron chi connectivity index (χ1n) is 7.51. The van der Waals surface area contributed by atoms with E-state index in [2.05, 4.69) is 0 Å². The monoisotopic (exact) mass is 357 g/mol.